The highest BCUT2D eigenvalue weighted by molar-refractivity contribution is 6.33. The first-order valence-corrected chi connectivity index (χ1v) is 1.89. The summed E-state index contributed by atoms with van der Waals surface area (Å²) in [5.74, 6) is 0.773. The molecule has 1 radical (unpaired) electrons. The maximum absolute atomic E-state index is 4.78. The molecular formula is C3H5BNO. The van der Waals surface area contributed by atoms with E-state index in [4.69, 9.17) is 4.65 Å². The Kier molecular flexibility index (Phi) is 0.822. The molecule has 0 saturated carbocycles. The van der Waals surface area contributed by atoms with Gasteiger partial charge in [0.05, 0.1) is 6.44 Å². The fourth-order valence-corrected chi connectivity index (χ4v) is 0.361. The van der Waals surface area contributed by atoms with Crippen molar-refractivity contribution in [3.05, 3.63) is 0 Å². The van der Waals surface area contributed by atoms with Crippen LogP contribution in [0.4, 0.5) is 0 Å². The van der Waals surface area contributed by atoms with Crippen molar-refractivity contribution in [1.82, 2.24) is 0 Å². The van der Waals surface area contributed by atoms with Gasteiger partial charge in [0.1, 0.15) is 0 Å². The van der Waals surface area contributed by atoms with Crippen LogP contribution < -0.4 is 0 Å². The Morgan fingerprint density at radius 1 is 2.00 bits per heavy atom. The SMILES string of the molecule is CC1=NC[B]O1. The van der Waals surface area contributed by atoms with Crippen LogP contribution in [0.2, 0.25) is 0 Å². The van der Waals surface area contributed by atoms with Crippen LogP contribution in [0.3, 0.4) is 0 Å². The molecule has 2 nitrogen and oxygen atoms in total. The summed E-state index contributed by atoms with van der Waals surface area (Å²) in [7, 11) is 1.68. The van der Waals surface area contributed by atoms with E-state index in [-0.39, 0.29) is 0 Å². The molecule has 0 fully saturated rings. The Balaban J connectivity index is 2.45. The number of rotatable bonds is 0. The molecule has 0 atom stereocenters. The summed E-state index contributed by atoms with van der Waals surface area (Å²) < 4.78 is 4.78. The maximum Gasteiger partial charge on any atom is 0.394 e. The Labute approximate surface area is 37.5 Å². The highest BCUT2D eigenvalue weighted by atomic mass is 16.4. The van der Waals surface area contributed by atoms with E-state index < -0.39 is 0 Å². The quantitative estimate of drug-likeness (QED) is 0.377. The number of aliphatic imine (C=N–C) groups is 1. The molecule has 1 heterocycles. The zero-order chi connectivity index (χ0) is 4.41. The van der Waals surface area contributed by atoms with Crippen molar-refractivity contribution in [2.45, 2.75) is 6.92 Å². The molecule has 0 aliphatic carbocycles. The van der Waals surface area contributed by atoms with Crippen LogP contribution >= 0.6 is 0 Å². The number of hydrogen-bond donors (Lipinski definition) is 0. The molecule has 1 rings (SSSR count). The van der Waals surface area contributed by atoms with Gasteiger partial charge in [-0.05, 0) is 0 Å². The second-order valence-electron chi connectivity index (χ2n) is 1.14. The lowest BCUT2D eigenvalue weighted by atomic mass is 10.1. The molecule has 31 valence electrons. The highest BCUT2D eigenvalue weighted by Crippen LogP contribution is 1.86. The van der Waals surface area contributed by atoms with Crippen molar-refractivity contribution in [2.75, 3.05) is 6.44 Å². The zero-order valence-corrected chi connectivity index (χ0v) is 3.64. The summed E-state index contributed by atoms with van der Waals surface area (Å²) in [6, 6.07) is 0. The molecular weight excluding hydrogens is 76.9 g/mol. The minimum absolute atomic E-state index is 0.728. The average molecular weight is 81.9 g/mol. The molecule has 0 aromatic heterocycles. The number of nitrogens with zero attached hydrogens (tertiary/aromatic N) is 1. The maximum atomic E-state index is 4.78. The van der Waals surface area contributed by atoms with Crippen LogP contribution in [0.15, 0.2) is 4.99 Å². The van der Waals surface area contributed by atoms with Gasteiger partial charge in [-0.2, -0.15) is 0 Å². The van der Waals surface area contributed by atoms with Crippen LogP contribution in [0.5, 0.6) is 0 Å². The van der Waals surface area contributed by atoms with Crippen molar-refractivity contribution < 1.29 is 4.65 Å². The first-order chi connectivity index (χ1) is 2.89. The lowest BCUT2D eigenvalue weighted by Crippen LogP contribution is -1.94. The predicted octanol–water partition coefficient (Wildman–Crippen LogP) is 0.0117. The molecule has 3 heteroatoms. The van der Waals surface area contributed by atoms with Crippen molar-refractivity contribution in [3.8, 4) is 0 Å². The predicted molar refractivity (Wildman–Crippen MR) is 24.8 cm³/mol. The molecule has 0 N–H and O–H groups in total. The van der Waals surface area contributed by atoms with Crippen LogP contribution in [-0.4, -0.2) is 19.8 Å². The van der Waals surface area contributed by atoms with Crippen molar-refractivity contribution in [2.24, 2.45) is 4.99 Å². The van der Waals surface area contributed by atoms with Crippen molar-refractivity contribution >= 4 is 13.4 Å². The second-order valence-corrected chi connectivity index (χ2v) is 1.14. The van der Waals surface area contributed by atoms with Gasteiger partial charge >= 0.3 is 7.48 Å². The summed E-state index contributed by atoms with van der Waals surface area (Å²) in [4.78, 5) is 3.88. The van der Waals surface area contributed by atoms with Gasteiger partial charge in [0.15, 0.2) is 5.90 Å². The molecule has 0 saturated heterocycles. The fourth-order valence-electron chi connectivity index (χ4n) is 0.361. The molecule has 0 aromatic carbocycles. The lowest BCUT2D eigenvalue weighted by Gasteiger charge is -1.86. The van der Waals surface area contributed by atoms with E-state index in [1.165, 1.54) is 0 Å². The molecule has 0 amide bonds. The molecule has 0 bridgehead atoms. The van der Waals surface area contributed by atoms with Crippen molar-refractivity contribution in [3.63, 3.8) is 0 Å². The first kappa shape index (κ1) is 3.72. The summed E-state index contributed by atoms with van der Waals surface area (Å²) in [5.41, 5.74) is 0. The molecule has 0 aromatic rings. The van der Waals surface area contributed by atoms with Gasteiger partial charge in [-0.25, -0.2) is 0 Å². The standard InChI is InChI=1S/C3H5BNO/c1-3-5-2-4-6-3/h2H2,1H3. The summed E-state index contributed by atoms with van der Waals surface area (Å²) >= 11 is 0. The molecule has 1 aliphatic rings. The van der Waals surface area contributed by atoms with Gasteiger partial charge in [-0.3, -0.25) is 4.99 Å². The van der Waals surface area contributed by atoms with Gasteiger partial charge in [-0.1, -0.05) is 0 Å². The smallest absolute Gasteiger partial charge is 0.394 e. The van der Waals surface area contributed by atoms with Crippen LogP contribution in [-0.2, 0) is 4.65 Å². The molecule has 0 spiro atoms. The van der Waals surface area contributed by atoms with Gasteiger partial charge in [0, 0.05) is 6.92 Å². The summed E-state index contributed by atoms with van der Waals surface area (Å²) in [6.45, 7) is 1.84. The van der Waals surface area contributed by atoms with E-state index in [1.807, 2.05) is 6.92 Å². The summed E-state index contributed by atoms with van der Waals surface area (Å²) in [5, 5.41) is 0. The minimum Gasteiger partial charge on any atom is -0.552 e. The molecule has 1 aliphatic heterocycles. The Morgan fingerprint density at radius 3 is 3.00 bits per heavy atom. The van der Waals surface area contributed by atoms with E-state index in [1.54, 1.807) is 7.48 Å². The van der Waals surface area contributed by atoms with Gasteiger partial charge in [0.2, 0.25) is 0 Å². The first-order valence-electron chi connectivity index (χ1n) is 1.89. The summed E-state index contributed by atoms with van der Waals surface area (Å²) in [6.07, 6.45) is 0.728. The van der Waals surface area contributed by atoms with Gasteiger partial charge in [-0.15, -0.1) is 0 Å². The molecule has 6 heavy (non-hydrogen) atoms. The van der Waals surface area contributed by atoms with Crippen LogP contribution in [0, 0.1) is 0 Å². The topological polar surface area (TPSA) is 21.6 Å². The average Bonchev–Trinajstić information content (AvgIpc) is 1.86. The van der Waals surface area contributed by atoms with Gasteiger partial charge in [0.25, 0.3) is 0 Å². The third-order valence-electron chi connectivity index (χ3n) is 0.642. The van der Waals surface area contributed by atoms with Crippen LogP contribution in [0.25, 0.3) is 0 Å². The largest absolute Gasteiger partial charge is 0.552 e. The Morgan fingerprint density at radius 2 is 2.83 bits per heavy atom. The van der Waals surface area contributed by atoms with Crippen LogP contribution in [0.1, 0.15) is 6.92 Å². The zero-order valence-electron chi connectivity index (χ0n) is 3.64. The normalized spacial score (nSPS) is 18.5. The highest BCUT2D eigenvalue weighted by Gasteiger charge is 2.00. The van der Waals surface area contributed by atoms with E-state index in [2.05, 4.69) is 4.99 Å². The Hall–Kier alpha value is -0.465. The van der Waals surface area contributed by atoms with Gasteiger partial charge < -0.3 is 4.65 Å². The van der Waals surface area contributed by atoms with Crippen molar-refractivity contribution in [1.29, 1.82) is 0 Å². The minimum atomic E-state index is 0.728. The van der Waals surface area contributed by atoms with E-state index in [0.717, 1.165) is 12.3 Å². The van der Waals surface area contributed by atoms with E-state index in [9.17, 15) is 0 Å². The third-order valence-corrected chi connectivity index (χ3v) is 0.642. The second kappa shape index (κ2) is 1.33. The Bertz CT molecular complexity index is 80.9. The third kappa shape index (κ3) is 0.532. The fraction of sp³-hybridized carbons (Fsp3) is 0.667. The lowest BCUT2D eigenvalue weighted by molar-refractivity contribution is 0.608. The van der Waals surface area contributed by atoms with E-state index >= 15 is 0 Å². The van der Waals surface area contributed by atoms with E-state index in [0.29, 0.717) is 0 Å². The number of hydrogen-bond acceptors (Lipinski definition) is 2. The molecule has 0 unspecified atom stereocenters. The monoisotopic (exact) mass is 82.0 g/mol.